The molecule has 0 saturated carbocycles. The Kier molecular flexibility index (Phi) is 6.10. The number of hydrogen-bond acceptors (Lipinski definition) is 4. The van der Waals surface area contributed by atoms with Gasteiger partial charge in [0.2, 0.25) is 5.91 Å². The van der Waals surface area contributed by atoms with Crippen LogP contribution in [0.2, 0.25) is 0 Å². The first-order valence-corrected chi connectivity index (χ1v) is 10.7. The van der Waals surface area contributed by atoms with Gasteiger partial charge in [-0.2, -0.15) is 13.2 Å². The summed E-state index contributed by atoms with van der Waals surface area (Å²) in [6.07, 6.45) is -0.783. The molecule has 1 saturated heterocycles. The van der Waals surface area contributed by atoms with Crippen LogP contribution in [0.3, 0.4) is 0 Å². The first-order chi connectivity index (χ1) is 15.2. The van der Waals surface area contributed by atoms with Gasteiger partial charge in [-0.1, -0.05) is 18.6 Å². The van der Waals surface area contributed by atoms with E-state index in [1.165, 1.54) is 17.0 Å². The Morgan fingerprint density at radius 3 is 2.50 bits per heavy atom. The van der Waals surface area contributed by atoms with Crippen molar-refractivity contribution >= 4 is 28.9 Å². The summed E-state index contributed by atoms with van der Waals surface area (Å²) in [5, 5.41) is 4.42. The maximum absolute atomic E-state index is 13.7. The summed E-state index contributed by atoms with van der Waals surface area (Å²) in [6, 6.07) is 8.79. The standard InChI is InChI=1S/C23H25F3N4O2/c1-29-19-14-16(10-8-15(19)9-11-20(29)31)27-22(32)17-6-5-7-18(23(24,25)26)21(17)28-30-12-3-2-4-13-30/h5-8,10,14,28H,2-4,9,11-13H2,1H3,(H,27,32). The number of nitrogens with one attached hydrogen (secondary N) is 2. The van der Waals surface area contributed by atoms with Crippen molar-refractivity contribution < 1.29 is 22.8 Å². The molecule has 2 heterocycles. The molecule has 2 aromatic rings. The van der Waals surface area contributed by atoms with Crippen LogP contribution in [-0.4, -0.2) is 37.0 Å². The number of carbonyl (C=O) groups excluding carboxylic acids is 2. The Bertz CT molecular complexity index is 1030. The maximum atomic E-state index is 13.7. The molecule has 1 fully saturated rings. The Labute approximate surface area is 184 Å². The summed E-state index contributed by atoms with van der Waals surface area (Å²) in [4.78, 5) is 26.6. The molecule has 0 radical (unpaired) electrons. The quantitative estimate of drug-likeness (QED) is 0.716. The molecule has 6 nitrogen and oxygen atoms in total. The van der Waals surface area contributed by atoms with E-state index in [0.717, 1.165) is 30.9 Å². The molecule has 2 N–H and O–H groups in total. The number of hydrogen-bond donors (Lipinski definition) is 2. The number of halogens is 3. The number of fused-ring (bicyclic) bond motifs is 1. The lowest BCUT2D eigenvalue weighted by atomic mass is 10.0. The lowest BCUT2D eigenvalue weighted by Gasteiger charge is -2.30. The smallest absolute Gasteiger partial charge is 0.322 e. The molecule has 2 aliphatic rings. The van der Waals surface area contributed by atoms with Gasteiger partial charge in [0, 0.05) is 37.9 Å². The Hall–Kier alpha value is -3.07. The second-order valence-electron chi connectivity index (χ2n) is 8.14. The second-order valence-corrected chi connectivity index (χ2v) is 8.14. The lowest BCUT2D eigenvalue weighted by Crippen LogP contribution is -2.36. The number of nitrogens with zero attached hydrogens (tertiary/aromatic N) is 2. The molecular formula is C23H25F3N4O2. The predicted molar refractivity (Wildman–Crippen MR) is 117 cm³/mol. The molecule has 2 amide bonds. The summed E-state index contributed by atoms with van der Waals surface area (Å²) >= 11 is 0. The number of hydrazine groups is 1. The number of alkyl halides is 3. The van der Waals surface area contributed by atoms with E-state index in [1.54, 1.807) is 24.2 Å². The van der Waals surface area contributed by atoms with Crippen molar-refractivity contribution in [1.82, 2.24) is 5.01 Å². The average molecular weight is 446 g/mol. The van der Waals surface area contributed by atoms with E-state index in [0.29, 0.717) is 37.3 Å². The van der Waals surface area contributed by atoms with Crippen LogP contribution >= 0.6 is 0 Å². The molecule has 4 rings (SSSR count). The zero-order valence-electron chi connectivity index (χ0n) is 17.8. The fourth-order valence-corrected chi connectivity index (χ4v) is 4.17. The zero-order valence-corrected chi connectivity index (χ0v) is 17.8. The van der Waals surface area contributed by atoms with Crippen LogP contribution in [0.5, 0.6) is 0 Å². The van der Waals surface area contributed by atoms with Gasteiger partial charge in [0.1, 0.15) is 0 Å². The minimum atomic E-state index is -4.61. The highest BCUT2D eigenvalue weighted by Gasteiger charge is 2.36. The summed E-state index contributed by atoms with van der Waals surface area (Å²) in [6.45, 7) is 1.22. The van der Waals surface area contributed by atoms with Gasteiger partial charge in [0.15, 0.2) is 0 Å². The topological polar surface area (TPSA) is 64.7 Å². The molecule has 9 heteroatoms. The third-order valence-electron chi connectivity index (χ3n) is 5.93. The number of rotatable bonds is 4. The van der Waals surface area contributed by atoms with Crippen molar-refractivity contribution in [2.24, 2.45) is 0 Å². The molecule has 2 aromatic carbocycles. The van der Waals surface area contributed by atoms with Gasteiger partial charge in [0.05, 0.1) is 16.8 Å². The van der Waals surface area contributed by atoms with E-state index in [-0.39, 0.29) is 17.2 Å². The van der Waals surface area contributed by atoms with Gasteiger partial charge in [-0.15, -0.1) is 0 Å². The van der Waals surface area contributed by atoms with Gasteiger partial charge in [-0.25, -0.2) is 5.01 Å². The summed E-state index contributed by atoms with van der Waals surface area (Å²) in [5.41, 5.74) is 3.72. The van der Waals surface area contributed by atoms with Crippen LogP contribution in [0.4, 0.5) is 30.2 Å². The number of amides is 2. The largest absolute Gasteiger partial charge is 0.418 e. The van der Waals surface area contributed by atoms with E-state index < -0.39 is 17.6 Å². The SMILES string of the molecule is CN1C(=O)CCc2ccc(NC(=O)c3cccc(C(F)(F)F)c3NN3CCCCC3)cc21. The molecule has 2 aliphatic heterocycles. The van der Waals surface area contributed by atoms with Crippen molar-refractivity contribution in [3.63, 3.8) is 0 Å². The number of para-hydroxylation sites is 1. The summed E-state index contributed by atoms with van der Waals surface area (Å²) in [7, 11) is 1.67. The average Bonchev–Trinajstić information content (AvgIpc) is 2.76. The minimum absolute atomic E-state index is 0.0214. The van der Waals surface area contributed by atoms with E-state index in [1.807, 2.05) is 6.07 Å². The van der Waals surface area contributed by atoms with Crippen LogP contribution in [0.25, 0.3) is 0 Å². The normalized spacial score (nSPS) is 17.1. The Morgan fingerprint density at radius 2 is 1.78 bits per heavy atom. The summed E-state index contributed by atoms with van der Waals surface area (Å²) in [5.74, 6) is -0.674. The molecule has 170 valence electrons. The van der Waals surface area contributed by atoms with Crippen molar-refractivity contribution in [3.8, 4) is 0 Å². The van der Waals surface area contributed by atoms with E-state index in [2.05, 4.69) is 10.7 Å². The molecule has 0 aliphatic carbocycles. The second kappa shape index (κ2) is 8.82. The predicted octanol–water partition coefficient (Wildman–Crippen LogP) is 4.68. The van der Waals surface area contributed by atoms with Crippen LogP contribution in [0.15, 0.2) is 36.4 Å². The monoisotopic (exact) mass is 446 g/mol. The molecule has 0 unspecified atom stereocenters. The van der Waals surface area contributed by atoms with Gasteiger partial charge in [-0.05, 0) is 49.1 Å². The zero-order chi connectivity index (χ0) is 22.9. The molecule has 0 atom stereocenters. The van der Waals surface area contributed by atoms with E-state index in [9.17, 15) is 22.8 Å². The highest BCUT2D eigenvalue weighted by Crippen LogP contribution is 2.38. The van der Waals surface area contributed by atoms with Crippen molar-refractivity contribution in [3.05, 3.63) is 53.1 Å². The highest BCUT2D eigenvalue weighted by atomic mass is 19.4. The summed E-state index contributed by atoms with van der Waals surface area (Å²) < 4.78 is 41.1. The lowest BCUT2D eigenvalue weighted by molar-refractivity contribution is -0.137. The first-order valence-electron chi connectivity index (χ1n) is 10.7. The van der Waals surface area contributed by atoms with Crippen LogP contribution in [0.1, 0.15) is 47.2 Å². The van der Waals surface area contributed by atoms with Crippen LogP contribution in [0, 0.1) is 0 Å². The maximum Gasteiger partial charge on any atom is 0.418 e. The number of carbonyl (C=O) groups is 2. The molecular weight excluding hydrogens is 421 g/mol. The van der Waals surface area contributed by atoms with Gasteiger partial charge in [-0.3, -0.25) is 9.59 Å². The number of benzene rings is 2. The molecule has 0 aromatic heterocycles. The number of anilines is 3. The van der Waals surface area contributed by atoms with Gasteiger partial charge >= 0.3 is 6.18 Å². The fraction of sp³-hybridized carbons (Fsp3) is 0.391. The highest BCUT2D eigenvalue weighted by molar-refractivity contribution is 6.09. The van der Waals surface area contributed by atoms with Crippen LogP contribution in [-0.2, 0) is 17.4 Å². The Morgan fingerprint density at radius 1 is 1.03 bits per heavy atom. The van der Waals surface area contributed by atoms with Crippen LogP contribution < -0.4 is 15.6 Å². The third kappa shape index (κ3) is 4.57. The molecule has 0 spiro atoms. The van der Waals surface area contributed by atoms with Gasteiger partial charge in [0.25, 0.3) is 5.91 Å². The molecule has 32 heavy (non-hydrogen) atoms. The fourth-order valence-electron chi connectivity index (χ4n) is 4.17. The van der Waals surface area contributed by atoms with Gasteiger partial charge < -0.3 is 15.6 Å². The van der Waals surface area contributed by atoms with E-state index >= 15 is 0 Å². The van der Waals surface area contributed by atoms with Crippen molar-refractivity contribution in [1.29, 1.82) is 0 Å². The third-order valence-corrected chi connectivity index (χ3v) is 5.93. The molecule has 0 bridgehead atoms. The van der Waals surface area contributed by atoms with Crippen molar-refractivity contribution in [2.45, 2.75) is 38.3 Å². The number of aryl methyl sites for hydroxylation is 1. The number of piperidine rings is 1. The minimum Gasteiger partial charge on any atom is -0.322 e. The first kappa shape index (κ1) is 22.1. The van der Waals surface area contributed by atoms with Crippen molar-refractivity contribution in [2.75, 3.05) is 35.8 Å². The van der Waals surface area contributed by atoms with E-state index in [4.69, 9.17) is 0 Å². The Balaban J connectivity index is 1.64.